The molecule has 0 fully saturated rings. The van der Waals surface area contributed by atoms with Crippen molar-refractivity contribution in [3.8, 4) is 0 Å². The maximum absolute atomic E-state index is 7.33. The average Bonchev–Trinajstić information content (AvgIpc) is 2.47. The van der Waals surface area contributed by atoms with E-state index in [2.05, 4.69) is 37.4 Å². The molecule has 0 unspecified atom stereocenters. The molecular weight excluding hydrogens is 246 g/mol. The Morgan fingerprint density at radius 2 is 1.95 bits per heavy atom. The molecule has 0 bridgehead atoms. The van der Waals surface area contributed by atoms with Gasteiger partial charge in [0.05, 0.1) is 0 Å². The molecule has 0 atom stereocenters. The van der Waals surface area contributed by atoms with E-state index >= 15 is 0 Å². The molecule has 0 spiro atoms. The molecule has 0 saturated heterocycles. The fourth-order valence-corrected chi connectivity index (χ4v) is 2.32. The van der Waals surface area contributed by atoms with Gasteiger partial charge in [-0.2, -0.15) is 0 Å². The summed E-state index contributed by atoms with van der Waals surface area (Å²) in [7, 11) is 0. The van der Waals surface area contributed by atoms with Crippen LogP contribution in [0.3, 0.4) is 0 Å². The molecule has 0 aliphatic rings. The number of hydrogen-bond donors (Lipinski definition) is 3. The Labute approximate surface area is 120 Å². The third-order valence-corrected chi connectivity index (χ3v) is 3.66. The van der Waals surface area contributed by atoms with E-state index in [0.29, 0.717) is 5.69 Å². The van der Waals surface area contributed by atoms with Gasteiger partial charge in [0.1, 0.15) is 0 Å². The Bertz CT molecular complexity index is 618. The molecule has 0 radical (unpaired) electrons. The number of benzene rings is 2. The van der Waals surface area contributed by atoms with Gasteiger partial charge in [0.2, 0.25) is 0 Å². The molecule has 0 aromatic heterocycles. The van der Waals surface area contributed by atoms with Crippen LogP contribution < -0.4 is 11.1 Å². The molecule has 4 N–H and O–H groups in total. The van der Waals surface area contributed by atoms with E-state index in [-0.39, 0.29) is 0 Å². The minimum absolute atomic E-state index is 0.634. The fraction of sp³-hybridized carbons (Fsp3) is 0.235. The summed E-state index contributed by atoms with van der Waals surface area (Å²) < 4.78 is 0. The Balaban J connectivity index is 2.15. The van der Waals surface area contributed by atoms with Gasteiger partial charge in [0, 0.05) is 29.7 Å². The normalized spacial score (nSPS) is 10.3. The molecular formula is C17H21N3. The first kappa shape index (κ1) is 14.1. The first-order chi connectivity index (χ1) is 9.65. The molecule has 0 amide bonds. The van der Waals surface area contributed by atoms with Gasteiger partial charge in [0.15, 0.2) is 0 Å². The molecule has 104 valence electrons. The molecule has 0 aliphatic carbocycles. The van der Waals surface area contributed by atoms with Gasteiger partial charge in [-0.1, -0.05) is 25.1 Å². The van der Waals surface area contributed by atoms with Crippen molar-refractivity contribution in [2.24, 2.45) is 0 Å². The Hall–Kier alpha value is -2.29. The van der Waals surface area contributed by atoms with Crippen molar-refractivity contribution in [1.29, 1.82) is 5.41 Å². The van der Waals surface area contributed by atoms with Crippen LogP contribution in [0, 0.1) is 12.3 Å². The summed E-state index contributed by atoms with van der Waals surface area (Å²) in [6.45, 7) is 5.12. The van der Waals surface area contributed by atoms with Gasteiger partial charge in [-0.05, 0) is 48.2 Å². The second-order valence-corrected chi connectivity index (χ2v) is 4.90. The molecule has 2 aromatic rings. The second kappa shape index (κ2) is 6.24. The Morgan fingerprint density at radius 3 is 2.65 bits per heavy atom. The van der Waals surface area contributed by atoms with Crippen molar-refractivity contribution >= 4 is 17.6 Å². The Kier molecular flexibility index (Phi) is 4.41. The maximum atomic E-state index is 7.33. The summed E-state index contributed by atoms with van der Waals surface area (Å²) >= 11 is 0. The van der Waals surface area contributed by atoms with Crippen molar-refractivity contribution in [1.82, 2.24) is 0 Å². The highest BCUT2D eigenvalue weighted by Crippen LogP contribution is 2.19. The van der Waals surface area contributed by atoms with Gasteiger partial charge in [-0.25, -0.2) is 0 Å². The SMILES string of the molecule is CCc1cccc(CNc2ccc(N)c(C=N)c2)c1C. The number of nitrogens with two attached hydrogens (primary N) is 1. The van der Waals surface area contributed by atoms with Crippen LogP contribution in [0.1, 0.15) is 29.2 Å². The highest BCUT2D eigenvalue weighted by atomic mass is 14.9. The van der Waals surface area contributed by atoms with E-state index in [1.54, 1.807) is 0 Å². The van der Waals surface area contributed by atoms with E-state index in [1.165, 1.54) is 22.9 Å². The predicted molar refractivity (Wildman–Crippen MR) is 86.6 cm³/mol. The van der Waals surface area contributed by atoms with Crippen molar-refractivity contribution in [3.63, 3.8) is 0 Å². The van der Waals surface area contributed by atoms with Crippen LogP contribution in [0.25, 0.3) is 0 Å². The standard InChI is InChI=1S/C17H21N3/c1-3-13-5-4-6-14(12(13)2)11-20-16-7-8-17(19)15(9-16)10-18/h4-10,18,20H,3,11,19H2,1-2H3. The van der Waals surface area contributed by atoms with E-state index in [1.807, 2.05) is 18.2 Å². The van der Waals surface area contributed by atoms with Crippen molar-refractivity contribution in [2.45, 2.75) is 26.8 Å². The lowest BCUT2D eigenvalue weighted by atomic mass is 10.0. The minimum atomic E-state index is 0.634. The maximum Gasteiger partial charge on any atom is 0.0404 e. The molecule has 2 rings (SSSR count). The third-order valence-electron chi connectivity index (χ3n) is 3.66. The topological polar surface area (TPSA) is 61.9 Å². The fourth-order valence-electron chi connectivity index (χ4n) is 2.32. The highest BCUT2D eigenvalue weighted by molar-refractivity contribution is 5.86. The van der Waals surface area contributed by atoms with Crippen LogP contribution >= 0.6 is 0 Å². The van der Waals surface area contributed by atoms with Crippen LogP contribution in [-0.4, -0.2) is 6.21 Å². The zero-order valence-corrected chi connectivity index (χ0v) is 12.0. The largest absolute Gasteiger partial charge is 0.398 e. The highest BCUT2D eigenvalue weighted by Gasteiger charge is 2.03. The molecule has 0 aliphatic heterocycles. The number of aryl methyl sites for hydroxylation is 1. The van der Waals surface area contributed by atoms with Crippen molar-refractivity contribution in [2.75, 3.05) is 11.1 Å². The van der Waals surface area contributed by atoms with Gasteiger partial charge in [-0.3, -0.25) is 0 Å². The van der Waals surface area contributed by atoms with Crippen LogP contribution in [-0.2, 0) is 13.0 Å². The molecule has 0 saturated carbocycles. The molecule has 3 nitrogen and oxygen atoms in total. The number of nitrogen functional groups attached to an aromatic ring is 1. The van der Waals surface area contributed by atoms with E-state index in [0.717, 1.165) is 24.2 Å². The number of hydrogen-bond acceptors (Lipinski definition) is 3. The zero-order chi connectivity index (χ0) is 14.5. The lowest BCUT2D eigenvalue weighted by Gasteiger charge is -2.13. The first-order valence-corrected chi connectivity index (χ1v) is 6.87. The van der Waals surface area contributed by atoms with Gasteiger partial charge < -0.3 is 16.5 Å². The van der Waals surface area contributed by atoms with E-state index < -0.39 is 0 Å². The second-order valence-electron chi connectivity index (χ2n) is 4.90. The molecule has 2 aromatic carbocycles. The van der Waals surface area contributed by atoms with Crippen LogP contribution in [0.15, 0.2) is 36.4 Å². The van der Waals surface area contributed by atoms with E-state index in [4.69, 9.17) is 11.1 Å². The molecule has 20 heavy (non-hydrogen) atoms. The Morgan fingerprint density at radius 1 is 1.20 bits per heavy atom. The molecule has 0 heterocycles. The monoisotopic (exact) mass is 267 g/mol. The molecule has 3 heteroatoms. The number of anilines is 2. The predicted octanol–water partition coefficient (Wildman–Crippen LogP) is 3.75. The summed E-state index contributed by atoms with van der Waals surface area (Å²) in [4.78, 5) is 0. The summed E-state index contributed by atoms with van der Waals surface area (Å²) in [5.41, 5.74) is 12.2. The first-order valence-electron chi connectivity index (χ1n) is 6.87. The van der Waals surface area contributed by atoms with Crippen LogP contribution in [0.5, 0.6) is 0 Å². The average molecular weight is 267 g/mol. The number of rotatable bonds is 5. The lowest BCUT2D eigenvalue weighted by Crippen LogP contribution is -2.04. The van der Waals surface area contributed by atoms with Gasteiger partial charge >= 0.3 is 0 Å². The van der Waals surface area contributed by atoms with Gasteiger partial charge in [0.25, 0.3) is 0 Å². The van der Waals surface area contributed by atoms with Crippen molar-refractivity contribution < 1.29 is 0 Å². The third kappa shape index (κ3) is 2.99. The number of nitrogens with one attached hydrogen (secondary N) is 2. The van der Waals surface area contributed by atoms with Crippen LogP contribution in [0.2, 0.25) is 0 Å². The van der Waals surface area contributed by atoms with Crippen LogP contribution in [0.4, 0.5) is 11.4 Å². The summed E-state index contributed by atoms with van der Waals surface area (Å²) in [6.07, 6.45) is 2.34. The zero-order valence-electron chi connectivity index (χ0n) is 12.0. The summed E-state index contributed by atoms with van der Waals surface area (Å²) in [6, 6.07) is 12.1. The van der Waals surface area contributed by atoms with Crippen molar-refractivity contribution in [3.05, 3.63) is 58.7 Å². The van der Waals surface area contributed by atoms with E-state index in [9.17, 15) is 0 Å². The summed E-state index contributed by atoms with van der Waals surface area (Å²) in [5.74, 6) is 0. The smallest absolute Gasteiger partial charge is 0.0404 e. The quantitative estimate of drug-likeness (QED) is 0.570. The summed E-state index contributed by atoms with van der Waals surface area (Å²) in [5, 5.41) is 10.7. The lowest BCUT2D eigenvalue weighted by molar-refractivity contribution is 1.05. The van der Waals surface area contributed by atoms with Gasteiger partial charge in [-0.15, -0.1) is 0 Å². The minimum Gasteiger partial charge on any atom is -0.398 e.